The van der Waals surface area contributed by atoms with Crippen LogP contribution in [0, 0.1) is 13.8 Å². The summed E-state index contributed by atoms with van der Waals surface area (Å²) in [5.41, 5.74) is 1.51. The Morgan fingerprint density at radius 3 is 2.29 bits per heavy atom. The van der Waals surface area contributed by atoms with Gasteiger partial charge < -0.3 is 4.42 Å². The highest BCUT2D eigenvalue weighted by molar-refractivity contribution is 6.02. The standard InChI is InChI=1S/C16H13F3O2/c1-10-11(2)21-14(15(20)16(17,18)19)13(10)9-8-12-6-4-3-5-7-12/h3-9H,1-2H3/b9-8+. The Morgan fingerprint density at radius 1 is 1.10 bits per heavy atom. The number of rotatable bonds is 3. The van der Waals surface area contributed by atoms with Crippen molar-refractivity contribution in [1.29, 1.82) is 0 Å². The fourth-order valence-corrected chi connectivity index (χ4v) is 1.89. The molecule has 0 saturated heterocycles. The summed E-state index contributed by atoms with van der Waals surface area (Å²) in [5.74, 6) is -2.33. The molecule has 0 spiro atoms. The molecule has 0 fully saturated rings. The molecule has 0 radical (unpaired) electrons. The van der Waals surface area contributed by atoms with Crippen LogP contribution in [0.2, 0.25) is 0 Å². The number of furan rings is 1. The van der Waals surface area contributed by atoms with Crippen molar-refractivity contribution in [2.75, 3.05) is 0 Å². The van der Waals surface area contributed by atoms with Gasteiger partial charge in [-0.15, -0.1) is 0 Å². The van der Waals surface area contributed by atoms with Crippen LogP contribution in [0.15, 0.2) is 34.7 Å². The molecule has 21 heavy (non-hydrogen) atoms. The largest absolute Gasteiger partial charge is 0.458 e. The smallest absolute Gasteiger partial charge is 0.457 e. The monoisotopic (exact) mass is 294 g/mol. The van der Waals surface area contributed by atoms with Gasteiger partial charge in [0.15, 0.2) is 5.76 Å². The number of halogens is 3. The van der Waals surface area contributed by atoms with Crippen molar-refractivity contribution in [2.24, 2.45) is 0 Å². The Labute approximate surface area is 119 Å². The Bertz CT molecular complexity index is 680. The average molecular weight is 294 g/mol. The summed E-state index contributed by atoms with van der Waals surface area (Å²) in [4.78, 5) is 11.4. The predicted molar refractivity (Wildman–Crippen MR) is 73.9 cm³/mol. The molecule has 2 nitrogen and oxygen atoms in total. The van der Waals surface area contributed by atoms with Crippen molar-refractivity contribution in [3.05, 3.63) is 58.5 Å². The summed E-state index contributed by atoms with van der Waals surface area (Å²) in [6.07, 6.45) is -1.84. The second kappa shape index (κ2) is 5.60. The highest BCUT2D eigenvalue weighted by Crippen LogP contribution is 2.30. The van der Waals surface area contributed by atoms with Gasteiger partial charge in [0, 0.05) is 5.56 Å². The molecule has 0 aliphatic carbocycles. The Balaban J connectivity index is 2.44. The van der Waals surface area contributed by atoms with Crippen LogP contribution in [0.4, 0.5) is 13.2 Å². The average Bonchev–Trinajstić information content (AvgIpc) is 2.72. The Hall–Kier alpha value is -2.30. The molecule has 0 atom stereocenters. The maximum atomic E-state index is 12.6. The van der Waals surface area contributed by atoms with Crippen molar-refractivity contribution < 1.29 is 22.4 Å². The number of benzene rings is 1. The van der Waals surface area contributed by atoms with Crippen molar-refractivity contribution in [1.82, 2.24) is 0 Å². The van der Waals surface area contributed by atoms with Crippen LogP contribution < -0.4 is 0 Å². The van der Waals surface area contributed by atoms with E-state index >= 15 is 0 Å². The first-order chi connectivity index (χ1) is 9.80. The normalized spacial score (nSPS) is 12.0. The molecule has 0 aliphatic heterocycles. The lowest BCUT2D eigenvalue weighted by Crippen LogP contribution is -2.22. The van der Waals surface area contributed by atoms with E-state index in [0.717, 1.165) is 5.56 Å². The summed E-state index contributed by atoms with van der Waals surface area (Å²) in [6.45, 7) is 3.15. The number of ketones is 1. The molecule has 1 aromatic heterocycles. The molecule has 0 N–H and O–H groups in total. The minimum absolute atomic E-state index is 0.165. The van der Waals surface area contributed by atoms with Gasteiger partial charge in [-0.25, -0.2) is 0 Å². The lowest BCUT2D eigenvalue weighted by atomic mass is 10.1. The second-order valence-corrected chi connectivity index (χ2v) is 4.60. The highest BCUT2D eigenvalue weighted by Gasteiger charge is 2.43. The van der Waals surface area contributed by atoms with E-state index < -0.39 is 17.7 Å². The third kappa shape index (κ3) is 3.24. The van der Waals surface area contributed by atoms with Crippen LogP contribution in [-0.4, -0.2) is 12.0 Å². The quantitative estimate of drug-likeness (QED) is 0.760. The lowest BCUT2D eigenvalue weighted by Gasteiger charge is -2.03. The van der Waals surface area contributed by atoms with Crippen LogP contribution in [0.5, 0.6) is 0 Å². The summed E-state index contributed by atoms with van der Waals surface area (Å²) in [7, 11) is 0. The molecular formula is C16H13F3O2. The summed E-state index contributed by atoms with van der Waals surface area (Å²) < 4.78 is 42.8. The van der Waals surface area contributed by atoms with Gasteiger partial charge in [0.05, 0.1) is 0 Å². The number of hydrogen-bond donors (Lipinski definition) is 0. The lowest BCUT2D eigenvalue weighted by molar-refractivity contribution is -0.0899. The zero-order chi connectivity index (χ0) is 15.6. The van der Waals surface area contributed by atoms with Gasteiger partial charge in [-0.2, -0.15) is 13.2 Å². The number of hydrogen-bond acceptors (Lipinski definition) is 2. The van der Waals surface area contributed by atoms with Gasteiger partial charge in [-0.05, 0) is 25.0 Å². The number of aryl methyl sites for hydroxylation is 1. The first-order valence-corrected chi connectivity index (χ1v) is 6.25. The number of carbonyl (C=O) groups is 1. The summed E-state index contributed by atoms with van der Waals surface area (Å²) >= 11 is 0. The van der Waals surface area contributed by atoms with Gasteiger partial charge in [0.2, 0.25) is 0 Å². The highest BCUT2D eigenvalue weighted by atomic mass is 19.4. The van der Waals surface area contributed by atoms with E-state index in [4.69, 9.17) is 4.42 Å². The van der Waals surface area contributed by atoms with Crippen LogP contribution in [0.25, 0.3) is 12.2 Å². The molecule has 110 valence electrons. The molecule has 2 rings (SSSR count). The molecule has 0 amide bonds. The topological polar surface area (TPSA) is 30.2 Å². The SMILES string of the molecule is Cc1oc(C(=O)C(F)(F)F)c(/C=C/c2ccccc2)c1C. The molecule has 0 saturated carbocycles. The van der Waals surface area contributed by atoms with E-state index in [2.05, 4.69) is 0 Å². The molecule has 5 heteroatoms. The van der Waals surface area contributed by atoms with Gasteiger partial charge in [0.1, 0.15) is 5.76 Å². The first-order valence-electron chi connectivity index (χ1n) is 6.25. The molecule has 0 bridgehead atoms. The number of alkyl halides is 3. The van der Waals surface area contributed by atoms with Crippen LogP contribution >= 0.6 is 0 Å². The van der Waals surface area contributed by atoms with Gasteiger partial charge in [-0.1, -0.05) is 42.5 Å². The molecular weight excluding hydrogens is 281 g/mol. The minimum atomic E-state index is -4.95. The Morgan fingerprint density at radius 2 is 1.71 bits per heavy atom. The summed E-state index contributed by atoms with van der Waals surface area (Å²) in [5, 5.41) is 0. The first kappa shape index (κ1) is 15.1. The van der Waals surface area contributed by atoms with Crippen molar-refractivity contribution in [3.8, 4) is 0 Å². The van der Waals surface area contributed by atoms with Gasteiger partial charge in [-0.3, -0.25) is 4.79 Å². The number of carbonyl (C=O) groups excluding carboxylic acids is 1. The van der Waals surface area contributed by atoms with Crippen molar-refractivity contribution in [3.63, 3.8) is 0 Å². The predicted octanol–water partition coefficient (Wildman–Crippen LogP) is 4.81. The third-order valence-electron chi connectivity index (χ3n) is 3.14. The minimum Gasteiger partial charge on any atom is -0.457 e. The maximum Gasteiger partial charge on any atom is 0.458 e. The van der Waals surface area contributed by atoms with Crippen LogP contribution in [0.3, 0.4) is 0 Å². The molecule has 1 aromatic carbocycles. The molecule has 0 unspecified atom stereocenters. The second-order valence-electron chi connectivity index (χ2n) is 4.60. The fourth-order valence-electron chi connectivity index (χ4n) is 1.89. The van der Waals surface area contributed by atoms with Crippen LogP contribution in [0.1, 0.15) is 33.0 Å². The zero-order valence-electron chi connectivity index (χ0n) is 11.5. The van der Waals surface area contributed by atoms with E-state index in [0.29, 0.717) is 11.3 Å². The van der Waals surface area contributed by atoms with Crippen LogP contribution in [-0.2, 0) is 0 Å². The van der Waals surface area contributed by atoms with E-state index in [1.165, 1.54) is 13.0 Å². The molecule has 1 heterocycles. The van der Waals surface area contributed by atoms with E-state index in [-0.39, 0.29) is 5.56 Å². The maximum absolute atomic E-state index is 12.6. The van der Waals surface area contributed by atoms with E-state index in [9.17, 15) is 18.0 Å². The number of Topliss-reactive ketones (excluding diaryl/α,β-unsaturated/α-hetero) is 1. The summed E-state index contributed by atoms with van der Waals surface area (Å²) in [6, 6.07) is 9.08. The molecule has 2 aromatic rings. The third-order valence-corrected chi connectivity index (χ3v) is 3.14. The fraction of sp³-hybridized carbons (Fsp3) is 0.188. The van der Waals surface area contributed by atoms with E-state index in [1.807, 2.05) is 30.3 Å². The van der Waals surface area contributed by atoms with Crippen molar-refractivity contribution in [2.45, 2.75) is 20.0 Å². The van der Waals surface area contributed by atoms with Gasteiger partial charge in [0.25, 0.3) is 0 Å². The molecule has 0 aliphatic rings. The van der Waals surface area contributed by atoms with E-state index in [1.54, 1.807) is 13.0 Å². The zero-order valence-corrected chi connectivity index (χ0v) is 11.5. The Kier molecular flexibility index (Phi) is 4.02. The van der Waals surface area contributed by atoms with Gasteiger partial charge >= 0.3 is 12.0 Å². The van der Waals surface area contributed by atoms with Crippen molar-refractivity contribution >= 4 is 17.9 Å².